The van der Waals surface area contributed by atoms with E-state index in [4.69, 9.17) is 0 Å². The summed E-state index contributed by atoms with van der Waals surface area (Å²) in [5.41, 5.74) is 6.42. The number of carbonyl (C=O) groups is 1. The van der Waals surface area contributed by atoms with Crippen molar-refractivity contribution in [1.82, 2.24) is 29.5 Å². The molecule has 4 heterocycles. The second kappa shape index (κ2) is 5.14. The number of nitrogens with zero attached hydrogens (tertiary/aromatic N) is 5. The van der Waals surface area contributed by atoms with E-state index in [1.165, 1.54) is 0 Å². The van der Waals surface area contributed by atoms with Crippen molar-refractivity contribution in [2.75, 3.05) is 6.54 Å². The number of aromatic amines is 1. The van der Waals surface area contributed by atoms with Gasteiger partial charge in [-0.2, -0.15) is 5.10 Å². The van der Waals surface area contributed by atoms with Gasteiger partial charge in [0.1, 0.15) is 0 Å². The molecule has 0 bridgehead atoms. The number of carbonyl (C=O) groups excluding carboxylic acids is 1. The Morgan fingerprint density at radius 1 is 1.24 bits per heavy atom. The Labute approximate surface area is 143 Å². The van der Waals surface area contributed by atoms with E-state index in [2.05, 4.69) is 20.1 Å². The smallest absolute Gasteiger partial charge is 0.254 e. The lowest BCUT2D eigenvalue weighted by Gasteiger charge is -2.28. The Hall–Kier alpha value is -3.22. The summed E-state index contributed by atoms with van der Waals surface area (Å²) in [5.74, 6) is 0.0268. The molecule has 0 aliphatic carbocycles. The van der Waals surface area contributed by atoms with Crippen LogP contribution in [0.4, 0.5) is 0 Å². The standard InChI is InChI=1S/C18H16N6O/c1-11-6-17-19-8-13-9-23(5-4-16(13)24(17)22-11)18(25)12-2-3-14-15(7-12)21-10-20-14/h2-3,6-8,10H,4-5,9H2,1H3,(H,20,21). The van der Waals surface area contributed by atoms with E-state index in [0.29, 0.717) is 18.7 Å². The lowest BCUT2D eigenvalue weighted by Crippen LogP contribution is -2.37. The highest BCUT2D eigenvalue weighted by Gasteiger charge is 2.24. The van der Waals surface area contributed by atoms with E-state index in [0.717, 1.165) is 40.1 Å². The Balaban J connectivity index is 1.48. The van der Waals surface area contributed by atoms with E-state index >= 15 is 0 Å². The topological polar surface area (TPSA) is 79.2 Å². The minimum atomic E-state index is 0.0268. The summed E-state index contributed by atoms with van der Waals surface area (Å²) >= 11 is 0. The van der Waals surface area contributed by atoms with Crippen LogP contribution in [0.2, 0.25) is 0 Å². The quantitative estimate of drug-likeness (QED) is 0.579. The van der Waals surface area contributed by atoms with Gasteiger partial charge in [-0.3, -0.25) is 4.79 Å². The summed E-state index contributed by atoms with van der Waals surface area (Å²) in [5, 5.41) is 4.52. The molecular weight excluding hydrogens is 316 g/mol. The SMILES string of the molecule is Cc1cc2ncc3c(n2n1)CCN(C(=O)c1ccc2nc[nH]c2c1)C3. The van der Waals surface area contributed by atoms with E-state index in [1.807, 2.05) is 46.8 Å². The number of benzene rings is 1. The first-order chi connectivity index (χ1) is 12.2. The lowest BCUT2D eigenvalue weighted by atomic mass is 10.1. The summed E-state index contributed by atoms with van der Waals surface area (Å²) in [4.78, 5) is 26.5. The molecule has 0 atom stereocenters. The van der Waals surface area contributed by atoms with Gasteiger partial charge in [-0.05, 0) is 25.1 Å². The first-order valence-electron chi connectivity index (χ1n) is 8.24. The van der Waals surface area contributed by atoms with Gasteiger partial charge in [-0.25, -0.2) is 14.5 Å². The fraction of sp³-hybridized carbons (Fsp3) is 0.222. The maximum atomic E-state index is 12.9. The first kappa shape index (κ1) is 14.2. The Morgan fingerprint density at radius 2 is 2.16 bits per heavy atom. The van der Waals surface area contributed by atoms with Crippen molar-refractivity contribution in [3.05, 3.63) is 59.3 Å². The van der Waals surface area contributed by atoms with Gasteiger partial charge >= 0.3 is 0 Å². The zero-order valence-corrected chi connectivity index (χ0v) is 13.7. The van der Waals surface area contributed by atoms with Crippen LogP contribution in [0.5, 0.6) is 0 Å². The molecule has 1 aliphatic heterocycles. The zero-order valence-electron chi connectivity index (χ0n) is 13.7. The molecule has 7 nitrogen and oxygen atoms in total. The van der Waals surface area contributed by atoms with Gasteiger partial charge < -0.3 is 9.88 Å². The number of amides is 1. The van der Waals surface area contributed by atoms with Crippen LogP contribution in [0.3, 0.4) is 0 Å². The van der Waals surface area contributed by atoms with Gasteiger partial charge in [0.05, 0.1) is 28.7 Å². The van der Waals surface area contributed by atoms with E-state index in [1.54, 1.807) is 6.33 Å². The van der Waals surface area contributed by atoms with Crippen LogP contribution in [0.15, 0.2) is 36.8 Å². The highest BCUT2D eigenvalue weighted by atomic mass is 16.2. The molecule has 1 N–H and O–H groups in total. The third-order valence-corrected chi connectivity index (χ3v) is 4.73. The van der Waals surface area contributed by atoms with Crippen LogP contribution >= 0.6 is 0 Å². The molecule has 3 aromatic heterocycles. The summed E-state index contributed by atoms with van der Waals surface area (Å²) in [6.07, 6.45) is 4.27. The van der Waals surface area contributed by atoms with Gasteiger partial charge in [-0.1, -0.05) is 0 Å². The largest absolute Gasteiger partial charge is 0.345 e. The summed E-state index contributed by atoms with van der Waals surface area (Å²) in [6.45, 7) is 3.19. The van der Waals surface area contributed by atoms with Gasteiger partial charge in [-0.15, -0.1) is 0 Å². The van der Waals surface area contributed by atoms with E-state index in [9.17, 15) is 4.79 Å². The van der Waals surface area contributed by atoms with E-state index in [-0.39, 0.29) is 5.91 Å². The second-order valence-electron chi connectivity index (χ2n) is 6.40. The molecule has 0 unspecified atom stereocenters. The zero-order chi connectivity index (χ0) is 17.0. The molecule has 4 aromatic rings. The number of fused-ring (bicyclic) bond motifs is 4. The molecule has 0 spiro atoms. The van der Waals surface area contributed by atoms with Crippen molar-refractivity contribution in [3.63, 3.8) is 0 Å². The monoisotopic (exact) mass is 332 g/mol. The lowest BCUT2D eigenvalue weighted by molar-refractivity contribution is 0.0732. The van der Waals surface area contributed by atoms with Crippen LogP contribution < -0.4 is 0 Å². The maximum Gasteiger partial charge on any atom is 0.254 e. The van der Waals surface area contributed by atoms with Crippen LogP contribution in [-0.2, 0) is 13.0 Å². The Morgan fingerprint density at radius 3 is 3.08 bits per heavy atom. The van der Waals surface area contributed by atoms with Crippen molar-refractivity contribution in [2.45, 2.75) is 19.9 Å². The molecule has 7 heteroatoms. The summed E-state index contributed by atoms with van der Waals surface area (Å²) in [7, 11) is 0. The average molecular weight is 332 g/mol. The predicted molar refractivity (Wildman–Crippen MR) is 92.3 cm³/mol. The highest BCUT2D eigenvalue weighted by molar-refractivity contribution is 5.97. The molecule has 0 saturated carbocycles. The van der Waals surface area contributed by atoms with Crippen LogP contribution in [0.1, 0.15) is 27.3 Å². The summed E-state index contributed by atoms with van der Waals surface area (Å²) in [6, 6.07) is 7.53. The number of hydrogen-bond acceptors (Lipinski definition) is 4. The second-order valence-corrected chi connectivity index (χ2v) is 6.40. The van der Waals surface area contributed by atoms with Gasteiger partial charge in [0.2, 0.25) is 0 Å². The summed E-state index contributed by atoms with van der Waals surface area (Å²) < 4.78 is 1.91. The number of aryl methyl sites for hydroxylation is 1. The molecule has 1 aromatic carbocycles. The van der Waals surface area contributed by atoms with E-state index < -0.39 is 0 Å². The van der Waals surface area contributed by atoms with Crippen molar-refractivity contribution in [3.8, 4) is 0 Å². The fourth-order valence-corrected chi connectivity index (χ4v) is 3.48. The average Bonchev–Trinajstić information content (AvgIpc) is 3.25. The molecule has 0 fully saturated rings. The Kier molecular flexibility index (Phi) is 2.91. The Bertz CT molecular complexity index is 1130. The minimum Gasteiger partial charge on any atom is -0.345 e. The fourth-order valence-electron chi connectivity index (χ4n) is 3.48. The molecule has 5 rings (SSSR count). The van der Waals surface area contributed by atoms with Crippen LogP contribution in [-0.4, -0.2) is 41.9 Å². The normalized spacial score (nSPS) is 14.2. The first-order valence-corrected chi connectivity index (χ1v) is 8.24. The minimum absolute atomic E-state index is 0.0268. The molecule has 1 aliphatic rings. The van der Waals surface area contributed by atoms with Crippen molar-refractivity contribution >= 4 is 22.6 Å². The molecule has 25 heavy (non-hydrogen) atoms. The van der Waals surface area contributed by atoms with Crippen LogP contribution in [0, 0.1) is 6.92 Å². The number of aromatic nitrogens is 5. The number of imidazole rings is 1. The number of hydrogen-bond donors (Lipinski definition) is 1. The number of nitrogens with one attached hydrogen (secondary N) is 1. The predicted octanol–water partition coefficient (Wildman–Crippen LogP) is 2.11. The van der Waals surface area contributed by atoms with Crippen molar-refractivity contribution in [1.29, 1.82) is 0 Å². The van der Waals surface area contributed by atoms with Gasteiger partial charge in [0.15, 0.2) is 5.65 Å². The van der Waals surface area contributed by atoms with Gasteiger partial charge in [0.25, 0.3) is 5.91 Å². The van der Waals surface area contributed by atoms with Crippen molar-refractivity contribution in [2.24, 2.45) is 0 Å². The molecular formula is C18H16N6O. The van der Waals surface area contributed by atoms with Crippen molar-refractivity contribution < 1.29 is 4.79 Å². The number of H-pyrrole nitrogens is 1. The molecule has 0 radical (unpaired) electrons. The third kappa shape index (κ3) is 2.20. The molecule has 0 saturated heterocycles. The van der Waals surface area contributed by atoms with Crippen LogP contribution in [0.25, 0.3) is 16.7 Å². The van der Waals surface area contributed by atoms with Gasteiger partial charge in [0, 0.05) is 42.9 Å². The molecule has 1 amide bonds. The highest BCUT2D eigenvalue weighted by Crippen LogP contribution is 2.22. The molecule has 124 valence electrons. The number of rotatable bonds is 1. The maximum absolute atomic E-state index is 12.9. The third-order valence-electron chi connectivity index (χ3n) is 4.73.